The van der Waals surface area contributed by atoms with Crippen molar-refractivity contribution >= 4 is 17.5 Å². The molecule has 0 aromatic carbocycles. The Kier molecular flexibility index (Phi) is 6.27. The zero-order valence-corrected chi connectivity index (χ0v) is 17.6. The van der Waals surface area contributed by atoms with Gasteiger partial charge >= 0.3 is 6.03 Å². The highest BCUT2D eigenvalue weighted by atomic mass is 16.2. The Balaban J connectivity index is 1.61. The van der Waals surface area contributed by atoms with Crippen LogP contribution in [0.5, 0.6) is 0 Å². The van der Waals surface area contributed by atoms with Crippen LogP contribution >= 0.6 is 0 Å². The predicted octanol–water partition coefficient (Wildman–Crippen LogP) is 4.30. The Morgan fingerprint density at radius 1 is 1.21 bits per heavy atom. The van der Waals surface area contributed by atoms with Gasteiger partial charge in [-0.15, -0.1) is 0 Å². The summed E-state index contributed by atoms with van der Waals surface area (Å²) in [6.07, 6.45) is 7.55. The van der Waals surface area contributed by atoms with Crippen molar-refractivity contribution in [2.24, 2.45) is 5.92 Å². The summed E-state index contributed by atoms with van der Waals surface area (Å²) in [6.45, 7) is 12.2. The second-order valence-electron chi connectivity index (χ2n) is 8.59. The highest BCUT2D eigenvalue weighted by Gasteiger charge is 2.26. The summed E-state index contributed by atoms with van der Waals surface area (Å²) in [5.41, 5.74) is 1.07. The fourth-order valence-corrected chi connectivity index (χ4v) is 3.76. The van der Waals surface area contributed by atoms with E-state index in [0.717, 1.165) is 50.5 Å². The van der Waals surface area contributed by atoms with Crippen molar-refractivity contribution in [1.29, 1.82) is 0 Å². The van der Waals surface area contributed by atoms with Gasteiger partial charge in [-0.05, 0) is 70.7 Å². The molecule has 0 unspecified atom stereocenters. The first kappa shape index (κ1) is 20.2. The van der Waals surface area contributed by atoms with Gasteiger partial charge in [0.05, 0.1) is 5.69 Å². The molecule has 0 atom stereocenters. The Bertz CT molecular complexity index is 757. The summed E-state index contributed by atoms with van der Waals surface area (Å²) in [5.74, 6) is 1.59. The van der Waals surface area contributed by atoms with Crippen molar-refractivity contribution in [3.63, 3.8) is 0 Å². The first-order valence-electron chi connectivity index (χ1n) is 10.3. The molecule has 3 heterocycles. The number of hydrogen-bond donors (Lipinski definition) is 1. The number of nitrogens with one attached hydrogen (secondary N) is 1. The molecular formula is C22H33N5O. The number of rotatable bonds is 5. The maximum Gasteiger partial charge on any atom is 0.328 e. The molecule has 2 aromatic rings. The molecule has 0 radical (unpaired) electrons. The summed E-state index contributed by atoms with van der Waals surface area (Å²) >= 11 is 0. The summed E-state index contributed by atoms with van der Waals surface area (Å²) in [4.78, 5) is 21.5. The van der Waals surface area contributed by atoms with E-state index in [1.54, 1.807) is 4.57 Å². The highest BCUT2D eigenvalue weighted by molar-refractivity contribution is 5.77. The third kappa shape index (κ3) is 5.06. The molecule has 2 aromatic heterocycles. The van der Waals surface area contributed by atoms with E-state index in [1.807, 2.05) is 41.7 Å². The minimum atomic E-state index is -0.0125. The van der Waals surface area contributed by atoms with Crippen molar-refractivity contribution in [1.82, 2.24) is 14.5 Å². The smallest absolute Gasteiger partial charge is 0.328 e. The number of piperidine rings is 1. The molecule has 28 heavy (non-hydrogen) atoms. The summed E-state index contributed by atoms with van der Waals surface area (Å²) in [7, 11) is 0. The van der Waals surface area contributed by atoms with Crippen LogP contribution in [0.2, 0.25) is 0 Å². The van der Waals surface area contributed by atoms with Crippen LogP contribution < -0.4 is 10.2 Å². The van der Waals surface area contributed by atoms with Crippen molar-refractivity contribution in [3.05, 3.63) is 42.9 Å². The quantitative estimate of drug-likeness (QED) is 0.836. The molecule has 1 N–H and O–H groups in total. The zero-order valence-electron chi connectivity index (χ0n) is 17.6. The lowest BCUT2D eigenvalue weighted by Gasteiger charge is -2.36. The Hall–Kier alpha value is -2.50. The first-order chi connectivity index (χ1) is 13.4. The molecule has 6 nitrogen and oxygen atoms in total. The number of aromatic nitrogens is 2. The van der Waals surface area contributed by atoms with Gasteiger partial charge in [0, 0.05) is 50.3 Å². The van der Waals surface area contributed by atoms with E-state index in [0.29, 0.717) is 5.92 Å². The molecule has 152 valence electrons. The average molecular weight is 384 g/mol. The molecule has 0 aliphatic carbocycles. The molecule has 3 rings (SSSR count). The highest BCUT2D eigenvalue weighted by Crippen LogP contribution is 2.28. The number of nitrogens with zero attached hydrogens (tertiary/aromatic N) is 4. The van der Waals surface area contributed by atoms with Crippen molar-refractivity contribution in [2.75, 3.05) is 36.4 Å². The van der Waals surface area contributed by atoms with Crippen LogP contribution in [0.25, 0.3) is 0 Å². The maximum atomic E-state index is 12.5. The molecular weight excluding hydrogens is 350 g/mol. The number of carbonyl (C=O) groups is 1. The van der Waals surface area contributed by atoms with E-state index in [1.165, 1.54) is 0 Å². The lowest BCUT2D eigenvalue weighted by molar-refractivity contribution is 0.173. The van der Waals surface area contributed by atoms with Crippen LogP contribution in [0.1, 0.15) is 40.5 Å². The molecule has 1 saturated heterocycles. The standard InChI is InChI=1S/C22H33N5O/c1-5-25(20-19(9-8-12-23-20)24-22(2,3)4)17-18-10-15-27(16-11-18)21(28)26-13-6-7-14-26/h6-9,12-14,18,24H,5,10-11,15-17H2,1-4H3. The second kappa shape index (κ2) is 8.67. The van der Waals surface area contributed by atoms with E-state index in [-0.39, 0.29) is 11.6 Å². The van der Waals surface area contributed by atoms with Gasteiger partial charge in [0.25, 0.3) is 0 Å². The molecule has 0 spiro atoms. The van der Waals surface area contributed by atoms with Gasteiger partial charge in [-0.3, -0.25) is 4.57 Å². The Morgan fingerprint density at radius 2 is 1.89 bits per heavy atom. The fraction of sp³-hybridized carbons (Fsp3) is 0.545. The minimum Gasteiger partial charge on any atom is -0.377 e. The van der Waals surface area contributed by atoms with Gasteiger partial charge in [0.1, 0.15) is 0 Å². The van der Waals surface area contributed by atoms with Gasteiger partial charge in [-0.2, -0.15) is 0 Å². The molecule has 6 heteroatoms. The molecule has 0 bridgehead atoms. The molecule has 0 saturated carbocycles. The normalized spacial score (nSPS) is 15.5. The van der Waals surface area contributed by atoms with Gasteiger partial charge in [0.15, 0.2) is 5.82 Å². The monoisotopic (exact) mass is 383 g/mol. The van der Waals surface area contributed by atoms with Crippen LogP contribution in [0.4, 0.5) is 16.3 Å². The number of anilines is 2. The van der Waals surface area contributed by atoms with Crippen LogP contribution in [0, 0.1) is 5.92 Å². The van der Waals surface area contributed by atoms with Crippen LogP contribution in [0.15, 0.2) is 42.9 Å². The largest absolute Gasteiger partial charge is 0.377 e. The SMILES string of the molecule is CCN(CC1CCN(C(=O)n2cccc2)CC1)c1ncccc1NC(C)(C)C. The number of hydrogen-bond acceptors (Lipinski definition) is 4. The van der Waals surface area contributed by atoms with Crippen LogP contribution in [-0.4, -0.2) is 52.2 Å². The lowest BCUT2D eigenvalue weighted by atomic mass is 9.96. The van der Waals surface area contributed by atoms with Crippen LogP contribution in [0.3, 0.4) is 0 Å². The fourth-order valence-electron chi connectivity index (χ4n) is 3.76. The topological polar surface area (TPSA) is 53.4 Å². The predicted molar refractivity (Wildman–Crippen MR) is 115 cm³/mol. The van der Waals surface area contributed by atoms with Gasteiger partial charge < -0.3 is 15.1 Å². The number of amides is 1. The average Bonchev–Trinajstić information content (AvgIpc) is 3.20. The second-order valence-corrected chi connectivity index (χ2v) is 8.59. The third-order valence-electron chi connectivity index (χ3n) is 5.17. The van der Waals surface area contributed by atoms with E-state index >= 15 is 0 Å². The summed E-state index contributed by atoms with van der Waals surface area (Å²) < 4.78 is 1.66. The lowest BCUT2D eigenvalue weighted by Crippen LogP contribution is -2.43. The van der Waals surface area contributed by atoms with E-state index < -0.39 is 0 Å². The number of carbonyl (C=O) groups excluding carboxylic acids is 1. The molecule has 1 fully saturated rings. The summed E-state index contributed by atoms with van der Waals surface area (Å²) in [6, 6.07) is 7.95. The minimum absolute atomic E-state index is 0.0125. The summed E-state index contributed by atoms with van der Waals surface area (Å²) in [5, 5.41) is 3.58. The zero-order chi connectivity index (χ0) is 20.1. The van der Waals surface area contributed by atoms with Crippen molar-refractivity contribution in [2.45, 2.75) is 46.1 Å². The molecule has 1 amide bonds. The molecule has 1 aliphatic rings. The Labute approximate surface area is 168 Å². The first-order valence-corrected chi connectivity index (χ1v) is 10.3. The number of pyridine rings is 1. The molecule has 1 aliphatic heterocycles. The van der Waals surface area contributed by atoms with Gasteiger partial charge in [0.2, 0.25) is 0 Å². The van der Waals surface area contributed by atoms with E-state index in [4.69, 9.17) is 0 Å². The van der Waals surface area contributed by atoms with E-state index in [9.17, 15) is 4.79 Å². The third-order valence-corrected chi connectivity index (χ3v) is 5.17. The maximum absolute atomic E-state index is 12.5. The Morgan fingerprint density at radius 3 is 2.50 bits per heavy atom. The van der Waals surface area contributed by atoms with Gasteiger partial charge in [-0.25, -0.2) is 9.78 Å². The van der Waals surface area contributed by atoms with Crippen molar-refractivity contribution in [3.8, 4) is 0 Å². The van der Waals surface area contributed by atoms with E-state index in [2.05, 4.69) is 49.0 Å². The van der Waals surface area contributed by atoms with Crippen molar-refractivity contribution < 1.29 is 4.79 Å². The van der Waals surface area contributed by atoms with Crippen LogP contribution in [-0.2, 0) is 0 Å². The van der Waals surface area contributed by atoms with Gasteiger partial charge in [-0.1, -0.05) is 0 Å². The number of likely N-dealkylation sites (tertiary alicyclic amines) is 1.